The number of hydrogen-bond donors (Lipinski definition) is 2. The number of rotatable bonds is 4. The van der Waals surface area contributed by atoms with E-state index in [2.05, 4.69) is 26.1 Å². The highest BCUT2D eigenvalue weighted by Gasteiger charge is 2.27. The third-order valence-corrected chi connectivity index (χ3v) is 1.49. The van der Waals surface area contributed by atoms with Crippen molar-refractivity contribution >= 4 is 0 Å². The Bertz CT molecular complexity index is 131. The maximum atomic E-state index is 9.14. The van der Waals surface area contributed by atoms with Crippen LogP contribution in [0.3, 0.4) is 0 Å². The van der Waals surface area contributed by atoms with E-state index in [4.69, 9.17) is 9.84 Å². The lowest BCUT2D eigenvalue weighted by Crippen LogP contribution is -2.57. The summed E-state index contributed by atoms with van der Waals surface area (Å²) in [5.74, 6) is 0. The second-order valence-corrected chi connectivity index (χ2v) is 4.53. The van der Waals surface area contributed by atoms with Crippen LogP contribution in [0.4, 0.5) is 0 Å². The van der Waals surface area contributed by atoms with Gasteiger partial charge in [0.25, 0.3) is 0 Å². The van der Waals surface area contributed by atoms with Gasteiger partial charge in [0, 0.05) is 12.6 Å². The van der Waals surface area contributed by atoms with Crippen LogP contribution in [-0.4, -0.2) is 36.5 Å². The summed E-state index contributed by atoms with van der Waals surface area (Å²) in [5.41, 5.74) is -0.344. The Morgan fingerprint density at radius 3 is 2.00 bits per heavy atom. The van der Waals surface area contributed by atoms with Crippen LogP contribution in [0.1, 0.15) is 27.7 Å². The second kappa shape index (κ2) is 4.21. The Morgan fingerprint density at radius 1 is 1.25 bits per heavy atom. The van der Waals surface area contributed by atoms with E-state index in [1.165, 1.54) is 0 Å². The molecule has 0 saturated heterocycles. The Hall–Kier alpha value is -0.120. The molecule has 0 radical (unpaired) electrons. The highest BCUT2D eigenvalue weighted by Crippen LogP contribution is 2.10. The first-order valence-electron chi connectivity index (χ1n) is 4.22. The van der Waals surface area contributed by atoms with Crippen LogP contribution in [0.2, 0.25) is 0 Å². The first kappa shape index (κ1) is 11.9. The van der Waals surface area contributed by atoms with Gasteiger partial charge >= 0.3 is 0 Å². The molecule has 0 spiro atoms. The van der Waals surface area contributed by atoms with Crippen LogP contribution >= 0.6 is 0 Å². The van der Waals surface area contributed by atoms with Crippen LogP contribution in [0, 0.1) is 0 Å². The fraction of sp³-hybridized carbons (Fsp3) is 1.00. The molecule has 0 bridgehead atoms. The van der Waals surface area contributed by atoms with E-state index < -0.39 is 0 Å². The standard InChI is InChI=1S/C9H21NO2/c1-8(2,3)10-9(4,6-11)7-12-5/h10-11H,6-7H2,1-5H3. The van der Waals surface area contributed by atoms with E-state index in [0.29, 0.717) is 6.61 Å². The first-order valence-corrected chi connectivity index (χ1v) is 4.22. The molecular formula is C9H21NO2. The number of ether oxygens (including phenoxy) is 1. The minimum absolute atomic E-state index is 0.00396. The first-order chi connectivity index (χ1) is 5.33. The van der Waals surface area contributed by atoms with Gasteiger partial charge in [-0.3, -0.25) is 0 Å². The molecule has 3 nitrogen and oxygen atoms in total. The molecule has 0 aromatic rings. The molecule has 0 aliphatic carbocycles. The van der Waals surface area contributed by atoms with Gasteiger partial charge in [-0.05, 0) is 27.7 Å². The van der Waals surface area contributed by atoms with Crippen molar-refractivity contribution in [2.24, 2.45) is 0 Å². The molecule has 0 aromatic heterocycles. The fourth-order valence-electron chi connectivity index (χ4n) is 1.35. The number of aliphatic hydroxyl groups is 1. The maximum absolute atomic E-state index is 9.14. The lowest BCUT2D eigenvalue weighted by atomic mass is 9.99. The zero-order valence-corrected chi connectivity index (χ0v) is 8.77. The Morgan fingerprint density at radius 2 is 1.75 bits per heavy atom. The van der Waals surface area contributed by atoms with Gasteiger partial charge < -0.3 is 15.2 Å². The monoisotopic (exact) mass is 175 g/mol. The minimum Gasteiger partial charge on any atom is -0.394 e. The van der Waals surface area contributed by atoms with Gasteiger partial charge in [0.05, 0.1) is 18.8 Å². The topological polar surface area (TPSA) is 41.5 Å². The van der Waals surface area contributed by atoms with Crippen LogP contribution in [0.15, 0.2) is 0 Å². The molecule has 0 aliphatic rings. The summed E-state index contributed by atoms with van der Waals surface area (Å²) in [6, 6.07) is 0. The van der Waals surface area contributed by atoms with Gasteiger partial charge in [-0.1, -0.05) is 0 Å². The smallest absolute Gasteiger partial charge is 0.0664 e. The lowest BCUT2D eigenvalue weighted by molar-refractivity contribution is 0.0568. The van der Waals surface area contributed by atoms with Gasteiger partial charge in [0.1, 0.15) is 0 Å². The minimum atomic E-state index is -0.340. The summed E-state index contributed by atoms with van der Waals surface area (Å²) >= 11 is 0. The van der Waals surface area contributed by atoms with Crippen molar-refractivity contribution in [2.45, 2.75) is 38.8 Å². The SMILES string of the molecule is COCC(C)(CO)NC(C)(C)C. The third kappa shape index (κ3) is 4.70. The lowest BCUT2D eigenvalue weighted by Gasteiger charge is -2.35. The molecule has 0 aliphatic heterocycles. The van der Waals surface area contributed by atoms with E-state index in [9.17, 15) is 0 Å². The van der Waals surface area contributed by atoms with Crippen molar-refractivity contribution < 1.29 is 9.84 Å². The molecule has 0 amide bonds. The normalized spacial score (nSPS) is 17.5. The largest absolute Gasteiger partial charge is 0.394 e. The zero-order chi connectivity index (χ0) is 9.83. The number of aliphatic hydroxyl groups excluding tert-OH is 1. The third-order valence-electron chi connectivity index (χ3n) is 1.49. The van der Waals surface area contributed by atoms with Crippen molar-refractivity contribution in [1.29, 1.82) is 0 Å². The summed E-state index contributed by atoms with van der Waals surface area (Å²) in [4.78, 5) is 0. The highest BCUT2D eigenvalue weighted by molar-refractivity contribution is 4.88. The molecule has 0 saturated carbocycles. The summed E-state index contributed by atoms with van der Waals surface area (Å²) in [6.45, 7) is 8.74. The molecule has 3 heteroatoms. The Balaban J connectivity index is 4.14. The molecule has 0 heterocycles. The van der Waals surface area contributed by atoms with E-state index in [0.717, 1.165) is 0 Å². The molecule has 2 N–H and O–H groups in total. The van der Waals surface area contributed by atoms with Crippen molar-refractivity contribution in [3.63, 3.8) is 0 Å². The maximum Gasteiger partial charge on any atom is 0.0664 e. The molecule has 0 aromatic carbocycles. The van der Waals surface area contributed by atoms with Crippen molar-refractivity contribution in [2.75, 3.05) is 20.3 Å². The fourth-order valence-corrected chi connectivity index (χ4v) is 1.35. The van der Waals surface area contributed by atoms with Gasteiger partial charge in [-0.25, -0.2) is 0 Å². The summed E-state index contributed by atoms with van der Waals surface area (Å²) in [6.07, 6.45) is 0. The van der Waals surface area contributed by atoms with E-state index in [1.54, 1.807) is 7.11 Å². The predicted octanol–water partition coefficient (Wildman–Crippen LogP) is 0.772. The van der Waals surface area contributed by atoms with Crippen molar-refractivity contribution in [3.05, 3.63) is 0 Å². The number of hydrogen-bond acceptors (Lipinski definition) is 3. The molecule has 74 valence electrons. The second-order valence-electron chi connectivity index (χ2n) is 4.53. The Kier molecular flexibility index (Phi) is 4.17. The van der Waals surface area contributed by atoms with Gasteiger partial charge in [0.15, 0.2) is 0 Å². The summed E-state index contributed by atoms with van der Waals surface area (Å²) < 4.78 is 5.02. The highest BCUT2D eigenvalue weighted by atomic mass is 16.5. The number of methoxy groups -OCH3 is 1. The zero-order valence-electron chi connectivity index (χ0n) is 8.77. The molecule has 1 unspecified atom stereocenters. The van der Waals surface area contributed by atoms with E-state index in [-0.39, 0.29) is 17.7 Å². The van der Waals surface area contributed by atoms with Gasteiger partial charge in [-0.2, -0.15) is 0 Å². The molecular weight excluding hydrogens is 154 g/mol. The van der Waals surface area contributed by atoms with E-state index in [1.807, 2.05) is 6.92 Å². The average Bonchev–Trinajstić information content (AvgIpc) is 1.84. The Labute approximate surface area is 75.1 Å². The van der Waals surface area contributed by atoms with Crippen molar-refractivity contribution in [3.8, 4) is 0 Å². The molecule has 1 atom stereocenters. The average molecular weight is 175 g/mol. The quantitative estimate of drug-likeness (QED) is 0.663. The van der Waals surface area contributed by atoms with Gasteiger partial charge in [-0.15, -0.1) is 0 Å². The number of nitrogens with one attached hydrogen (secondary N) is 1. The molecule has 12 heavy (non-hydrogen) atoms. The molecule has 0 rings (SSSR count). The van der Waals surface area contributed by atoms with Crippen LogP contribution in [0.5, 0.6) is 0 Å². The van der Waals surface area contributed by atoms with Crippen molar-refractivity contribution in [1.82, 2.24) is 5.32 Å². The van der Waals surface area contributed by atoms with Crippen LogP contribution < -0.4 is 5.32 Å². The van der Waals surface area contributed by atoms with E-state index >= 15 is 0 Å². The molecule has 0 fully saturated rings. The summed E-state index contributed by atoms with van der Waals surface area (Å²) in [5, 5.41) is 12.4. The summed E-state index contributed by atoms with van der Waals surface area (Å²) in [7, 11) is 1.64. The van der Waals surface area contributed by atoms with Crippen LogP contribution in [0.25, 0.3) is 0 Å². The van der Waals surface area contributed by atoms with Gasteiger partial charge in [0.2, 0.25) is 0 Å². The van der Waals surface area contributed by atoms with Crippen LogP contribution in [-0.2, 0) is 4.74 Å². The predicted molar refractivity (Wildman–Crippen MR) is 50.3 cm³/mol.